The smallest absolute Gasteiger partial charge is 0.254 e. The van der Waals surface area contributed by atoms with Crippen LogP contribution in [0.25, 0.3) is 0 Å². The van der Waals surface area contributed by atoms with Crippen molar-refractivity contribution in [3.8, 4) is 23.0 Å². The molecule has 4 aliphatic heterocycles. The Morgan fingerprint density at radius 2 is 1.07 bits per heavy atom. The second-order valence-corrected chi connectivity index (χ2v) is 26.8. The SMILES string of the molecule is CO[C@]12C=C[C@@]3(C[C@@H]1[C@](C)(O)C(C)(C)C)[C@H]1Cc4ccc(O)c5c4[C@@]3(CCN1C(=O)c1ccccc1)[C@H]2O5.CO[C@]12C=C[C@@]3(C[C@@H]1[C@](C)(O)C(C)(C)C)[C@H]1Cc4ccc(O)c5c4[C@@]3(CCN1Cc1ccccc1)[C@H]2O5. The van der Waals surface area contributed by atoms with Crippen molar-refractivity contribution in [3.63, 3.8) is 0 Å². The molecule has 4 fully saturated rings. The molecule has 4 aromatic rings. The van der Waals surface area contributed by atoms with Gasteiger partial charge >= 0.3 is 0 Å². The van der Waals surface area contributed by atoms with Gasteiger partial charge in [0, 0.05) is 78.7 Å². The number of aliphatic hydroxyl groups is 2. The molecule has 4 heterocycles. The van der Waals surface area contributed by atoms with Crippen LogP contribution >= 0.6 is 0 Å². The number of phenols is 2. The minimum atomic E-state index is -1.09. The molecule has 8 aliphatic carbocycles. The number of aromatic hydroxyl groups is 2. The van der Waals surface area contributed by atoms with Gasteiger partial charge in [-0.25, -0.2) is 0 Å². The van der Waals surface area contributed by atoms with E-state index in [0.29, 0.717) is 42.9 Å². The topological polar surface area (TPSA) is 141 Å². The third-order valence-corrected chi connectivity index (χ3v) is 22.6. The lowest BCUT2D eigenvalue weighted by atomic mass is 9.35. The summed E-state index contributed by atoms with van der Waals surface area (Å²) in [7, 11) is 3.48. The van der Waals surface area contributed by atoms with E-state index in [9.17, 15) is 25.2 Å². The summed E-state index contributed by atoms with van der Waals surface area (Å²) in [4.78, 5) is 18.8. The number of benzene rings is 4. The Kier molecular flexibility index (Phi) is 10.2. The van der Waals surface area contributed by atoms with Gasteiger partial charge in [0.1, 0.15) is 23.4 Å². The van der Waals surface area contributed by atoms with E-state index in [1.54, 1.807) is 26.4 Å². The molecule has 1 amide bonds. The van der Waals surface area contributed by atoms with E-state index in [4.69, 9.17) is 18.9 Å². The molecule has 4 spiro atoms. The first-order valence-electron chi connectivity index (χ1n) is 27.6. The first-order chi connectivity index (χ1) is 35.5. The van der Waals surface area contributed by atoms with Gasteiger partial charge in [0.25, 0.3) is 5.91 Å². The van der Waals surface area contributed by atoms with Crippen molar-refractivity contribution in [1.82, 2.24) is 9.80 Å². The molecular weight excluding hydrogens is 941 g/mol. The highest BCUT2D eigenvalue weighted by atomic mass is 16.6. The summed E-state index contributed by atoms with van der Waals surface area (Å²) in [5.41, 5.74) is 0.744. The zero-order chi connectivity index (χ0) is 52.9. The minimum Gasteiger partial charge on any atom is -0.504 e. The van der Waals surface area contributed by atoms with E-state index in [1.807, 2.05) is 50.2 Å². The first-order valence-corrected chi connectivity index (χ1v) is 27.6. The van der Waals surface area contributed by atoms with Crippen LogP contribution in [0.15, 0.2) is 109 Å². The van der Waals surface area contributed by atoms with Crippen molar-refractivity contribution in [2.24, 2.45) is 33.5 Å². The maximum atomic E-state index is 14.0. The van der Waals surface area contributed by atoms with Crippen molar-refractivity contribution in [1.29, 1.82) is 0 Å². The highest BCUT2D eigenvalue weighted by Gasteiger charge is 2.83. The molecule has 4 aromatic carbocycles. The fraction of sp³-hybridized carbons (Fsp3) is 0.547. The van der Waals surface area contributed by atoms with Crippen molar-refractivity contribution in [2.75, 3.05) is 27.3 Å². The van der Waals surface area contributed by atoms with E-state index in [1.165, 1.54) is 16.7 Å². The normalized spacial score (nSPS) is 38.1. The molecule has 0 unspecified atom stereocenters. The number of piperidine rings is 2. The Hall–Kier alpha value is -5.17. The van der Waals surface area contributed by atoms with Crippen LogP contribution in [0.5, 0.6) is 23.0 Å². The summed E-state index contributed by atoms with van der Waals surface area (Å²) in [5, 5.41) is 46.5. The van der Waals surface area contributed by atoms with Gasteiger partial charge < -0.3 is 44.3 Å². The summed E-state index contributed by atoms with van der Waals surface area (Å²) in [6.07, 6.45) is 13.1. The highest BCUT2D eigenvalue weighted by molar-refractivity contribution is 5.95. The number of amides is 1. The van der Waals surface area contributed by atoms with Gasteiger partial charge in [0.05, 0.1) is 22.0 Å². The maximum Gasteiger partial charge on any atom is 0.254 e. The van der Waals surface area contributed by atoms with Gasteiger partial charge in [-0.15, -0.1) is 0 Å². The molecule has 8 bridgehead atoms. The number of fused-ring (bicyclic) bond motifs is 2. The Labute approximate surface area is 442 Å². The number of hydrogen-bond acceptors (Lipinski definition) is 10. The Balaban J connectivity index is 0.000000144. The summed E-state index contributed by atoms with van der Waals surface area (Å²) >= 11 is 0. The minimum absolute atomic E-state index is 0.0411. The molecule has 2 saturated heterocycles. The monoisotopic (exact) mass is 1020 g/mol. The summed E-state index contributed by atoms with van der Waals surface area (Å²) in [6.45, 7) is 18.9. The van der Waals surface area contributed by atoms with Crippen molar-refractivity contribution in [2.45, 2.75) is 158 Å². The summed E-state index contributed by atoms with van der Waals surface area (Å²) in [5.74, 6) is 1.16. The molecule has 0 radical (unpaired) electrons. The predicted octanol–water partition coefficient (Wildman–Crippen LogP) is 9.60. The lowest BCUT2D eigenvalue weighted by Crippen LogP contribution is -2.81. The zero-order valence-corrected chi connectivity index (χ0v) is 45.4. The van der Waals surface area contributed by atoms with Crippen molar-refractivity contribution in [3.05, 3.63) is 143 Å². The molecule has 11 heteroatoms. The van der Waals surface area contributed by atoms with Crippen LogP contribution in [0.2, 0.25) is 0 Å². The molecule has 12 aliphatic rings. The average Bonchev–Trinajstić information content (AvgIpc) is 3.95. The summed E-state index contributed by atoms with van der Waals surface area (Å²) < 4.78 is 26.6. The second-order valence-electron chi connectivity index (χ2n) is 26.8. The van der Waals surface area contributed by atoms with Gasteiger partial charge in [-0.2, -0.15) is 0 Å². The molecule has 396 valence electrons. The van der Waals surface area contributed by atoms with Gasteiger partial charge in [-0.3, -0.25) is 9.69 Å². The Morgan fingerprint density at radius 1 is 0.613 bits per heavy atom. The molecule has 2 saturated carbocycles. The number of hydrogen-bond donors (Lipinski definition) is 4. The van der Waals surface area contributed by atoms with Gasteiger partial charge in [0.2, 0.25) is 0 Å². The van der Waals surface area contributed by atoms with Crippen LogP contribution in [0.3, 0.4) is 0 Å². The van der Waals surface area contributed by atoms with Crippen LogP contribution in [0.4, 0.5) is 0 Å². The van der Waals surface area contributed by atoms with E-state index in [2.05, 4.69) is 112 Å². The first kappa shape index (κ1) is 49.4. The van der Waals surface area contributed by atoms with Crippen LogP contribution in [0.1, 0.15) is 119 Å². The fourth-order valence-electron chi connectivity index (χ4n) is 18.1. The van der Waals surface area contributed by atoms with Gasteiger partial charge in [-0.1, -0.05) is 127 Å². The molecule has 14 atom stereocenters. The lowest BCUT2D eigenvalue weighted by Gasteiger charge is -2.73. The molecular formula is C64H76N2O9. The van der Waals surface area contributed by atoms with Crippen molar-refractivity contribution >= 4 is 5.91 Å². The van der Waals surface area contributed by atoms with Crippen LogP contribution in [-0.4, -0.2) is 110 Å². The number of likely N-dealkylation sites (tertiary alicyclic amines) is 2. The number of methoxy groups -OCH3 is 2. The maximum absolute atomic E-state index is 14.0. The van der Waals surface area contributed by atoms with Crippen LogP contribution in [-0.2, 0) is 39.7 Å². The van der Waals surface area contributed by atoms with Gasteiger partial charge in [-0.05, 0) is 111 Å². The summed E-state index contributed by atoms with van der Waals surface area (Å²) in [6, 6.07) is 28.1. The van der Waals surface area contributed by atoms with E-state index in [-0.39, 0.29) is 63.7 Å². The number of nitrogens with zero attached hydrogens (tertiary/aromatic N) is 2. The number of rotatable bonds is 7. The van der Waals surface area contributed by atoms with Crippen LogP contribution in [0, 0.1) is 33.5 Å². The van der Waals surface area contributed by atoms with E-state index < -0.39 is 44.8 Å². The molecule has 11 nitrogen and oxygen atoms in total. The van der Waals surface area contributed by atoms with Gasteiger partial charge in [0.15, 0.2) is 23.0 Å². The lowest BCUT2D eigenvalue weighted by molar-refractivity contribution is -0.263. The quantitative estimate of drug-likeness (QED) is 0.132. The zero-order valence-electron chi connectivity index (χ0n) is 45.4. The standard InChI is InChI=1S/C32H37NO5.C32H39NO4/c1-28(2,3)29(4,36)22-18-30-13-14-32(22,37-5)27-31(30)15-16-33(26(35)19-9-7-6-8-10-19)23(30)17-20-11-12-21(34)25(38-27)24(20)31;1-28(2,3)29(4,35)23-18-30-13-14-32(23,36-5)27-31(30)15-16-33(19-20-9-7-6-8-10-20)24(30)17-21-11-12-22(34)26(37-27)25(21)31/h6-14,22-23,27,34,36H,15-18H2,1-5H3;6-14,23-24,27,34-35H,15-19H2,1-5H3/t22-,23-,27-,29+,30-,31+,32-;23-,24-,27-,29+,30-,31+,32-/m11/s1. The molecule has 16 rings (SSSR count). The number of carbonyl (C=O) groups is 1. The Morgan fingerprint density at radius 3 is 1.55 bits per heavy atom. The highest BCUT2D eigenvalue weighted by Crippen LogP contribution is 2.78. The third-order valence-electron chi connectivity index (χ3n) is 22.6. The second kappa shape index (κ2) is 15.5. The molecule has 0 aromatic heterocycles. The van der Waals surface area contributed by atoms with E-state index in [0.717, 1.165) is 43.5 Å². The predicted molar refractivity (Wildman–Crippen MR) is 286 cm³/mol. The largest absolute Gasteiger partial charge is 0.504 e. The molecule has 4 N–H and O–H groups in total. The number of phenolic OH excluding ortho intramolecular Hbond substituents is 2. The van der Waals surface area contributed by atoms with E-state index >= 15 is 0 Å². The number of ether oxygens (including phenoxy) is 4. The Bertz CT molecular complexity index is 3080. The fourth-order valence-corrected chi connectivity index (χ4v) is 18.1. The van der Waals surface area contributed by atoms with Crippen LogP contribution < -0.4 is 9.47 Å². The molecule has 75 heavy (non-hydrogen) atoms. The average molecular weight is 1020 g/mol. The number of carbonyl (C=O) groups excluding carboxylic acids is 1. The third kappa shape index (κ3) is 5.77. The van der Waals surface area contributed by atoms with Crippen molar-refractivity contribution < 1.29 is 44.2 Å².